The zero-order chi connectivity index (χ0) is 35.6. The molecule has 0 bridgehead atoms. The van der Waals surface area contributed by atoms with Gasteiger partial charge < -0.3 is 0 Å². The van der Waals surface area contributed by atoms with Crippen molar-refractivity contribution in [2.45, 2.75) is 15.2 Å². The molecule has 252 valence electrons. The molecule has 0 N–H and O–H groups in total. The maximum Gasteiger partial charge on any atom is 0.165 e. The molecular formula is C50H31N3S. The lowest BCUT2D eigenvalue weighted by Gasteiger charge is -2.39. The van der Waals surface area contributed by atoms with Gasteiger partial charge in [0.05, 0.1) is 5.41 Å². The number of hydrogen-bond donors (Lipinski definition) is 0. The lowest BCUT2D eigenvalue weighted by molar-refractivity contribution is 0.722. The summed E-state index contributed by atoms with van der Waals surface area (Å²) in [5, 5.41) is 2.24. The van der Waals surface area contributed by atoms with Gasteiger partial charge in [-0.1, -0.05) is 188 Å². The Balaban J connectivity index is 1.17. The summed E-state index contributed by atoms with van der Waals surface area (Å²) >= 11 is 1.86. The summed E-state index contributed by atoms with van der Waals surface area (Å²) in [5.41, 5.74) is 12.6. The van der Waals surface area contributed by atoms with E-state index in [9.17, 15) is 0 Å². The summed E-state index contributed by atoms with van der Waals surface area (Å²) in [4.78, 5) is 18.0. The monoisotopic (exact) mass is 705 g/mol. The fourth-order valence-corrected chi connectivity index (χ4v) is 9.93. The van der Waals surface area contributed by atoms with Crippen LogP contribution in [0.5, 0.6) is 0 Å². The Morgan fingerprint density at radius 3 is 1.57 bits per heavy atom. The Bertz CT molecular complexity index is 2820. The van der Waals surface area contributed by atoms with Gasteiger partial charge in [-0.2, -0.15) is 0 Å². The minimum atomic E-state index is -0.418. The molecule has 0 saturated heterocycles. The van der Waals surface area contributed by atoms with Gasteiger partial charge in [-0.15, -0.1) is 0 Å². The van der Waals surface area contributed by atoms with Crippen LogP contribution in [-0.2, 0) is 5.41 Å². The highest BCUT2D eigenvalue weighted by Gasteiger charge is 2.50. The van der Waals surface area contributed by atoms with E-state index in [1.54, 1.807) is 0 Å². The van der Waals surface area contributed by atoms with Gasteiger partial charge in [-0.3, -0.25) is 0 Å². The summed E-state index contributed by atoms with van der Waals surface area (Å²) in [6.45, 7) is 0. The molecule has 0 radical (unpaired) electrons. The van der Waals surface area contributed by atoms with Crippen molar-refractivity contribution in [2.75, 3.05) is 0 Å². The highest BCUT2D eigenvalue weighted by molar-refractivity contribution is 7.99. The first-order chi connectivity index (χ1) is 26.8. The molecule has 0 amide bonds. The molecule has 9 aromatic rings. The number of benzene rings is 8. The quantitative estimate of drug-likeness (QED) is 0.183. The summed E-state index contributed by atoms with van der Waals surface area (Å²) < 4.78 is 0. The maximum atomic E-state index is 5.23. The summed E-state index contributed by atoms with van der Waals surface area (Å²) in [5.74, 6) is 1.95. The maximum absolute atomic E-state index is 5.23. The van der Waals surface area contributed by atoms with Crippen LogP contribution < -0.4 is 0 Å². The molecule has 1 aliphatic heterocycles. The lowest BCUT2D eigenvalue weighted by atomic mass is 9.67. The molecule has 1 aromatic heterocycles. The lowest BCUT2D eigenvalue weighted by Crippen LogP contribution is -2.31. The SMILES string of the molecule is c1ccc(-c2nc(-c3ccccc3)nc(-c3c(-c4ccc5c(c4)Sc4ccccc4C54c5ccccc5-c5ccccc54)ccc4ccccc34)n2)cc1. The van der Waals surface area contributed by atoms with Crippen molar-refractivity contribution >= 4 is 22.5 Å². The van der Waals surface area contributed by atoms with E-state index in [2.05, 4.69) is 152 Å². The van der Waals surface area contributed by atoms with Crippen molar-refractivity contribution in [3.63, 3.8) is 0 Å². The number of fused-ring (bicyclic) bond motifs is 10. The van der Waals surface area contributed by atoms with Crippen LogP contribution in [-0.4, -0.2) is 15.0 Å². The first-order valence-corrected chi connectivity index (χ1v) is 19.1. The molecule has 0 unspecified atom stereocenters. The van der Waals surface area contributed by atoms with E-state index in [1.807, 2.05) is 48.2 Å². The summed E-state index contributed by atoms with van der Waals surface area (Å²) in [7, 11) is 0. The molecule has 54 heavy (non-hydrogen) atoms. The molecule has 2 aliphatic rings. The fraction of sp³-hybridized carbons (Fsp3) is 0.0200. The van der Waals surface area contributed by atoms with Gasteiger partial charge in [0.15, 0.2) is 17.5 Å². The van der Waals surface area contributed by atoms with Crippen LogP contribution in [0.2, 0.25) is 0 Å². The third kappa shape index (κ3) is 4.60. The highest BCUT2D eigenvalue weighted by Crippen LogP contribution is 2.62. The number of rotatable bonds is 4. The van der Waals surface area contributed by atoms with E-state index in [1.165, 1.54) is 43.2 Å². The van der Waals surface area contributed by atoms with Crippen LogP contribution in [0.4, 0.5) is 0 Å². The van der Waals surface area contributed by atoms with Gasteiger partial charge in [0.25, 0.3) is 0 Å². The van der Waals surface area contributed by atoms with Crippen LogP contribution >= 0.6 is 11.8 Å². The summed E-state index contributed by atoms with van der Waals surface area (Å²) in [6.07, 6.45) is 0. The largest absolute Gasteiger partial charge is 0.208 e. The smallest absolute Gasteiger partial charge is 0.165 e. The Morgan fingerprint density at radius 2 is 0.889 bits per heavy atom. The van der Waals surface area contributed by atoms with Crippen LogP contribution in [0.15, 0.2) is 198 Å². The molecule has 0 fully saturated rings. The molecule has 8 aromatic carbocycles. The van der Waals surface area contributed by atoms with Gasteiger partial charge >= 0.3 is 0 Å². The number of aromatic nitrogens is 3. The van der Waals surface area contributed by atoms with Gasteiger partial charge in [-0.25, -0.2) is 15.0 Å². The molecule has 4 heteroatoms. The van der Waals surface area contributed by atoms with Gasteiger partial charge in [0, 0.05) is 26.5 Å². The second-order valence-corrected chi connectivity index (χ2v) is 15.0. The minimum absolute atomic E-state index is 0.418. The fourth-order valence-electron chi connectivity index (χ4n) is 8.70. The third-order valence-electron chi connectivity index (χ3n) is 11.0. The Hall–Kier alpha value is -6.62. The van der Waals surface area contributed by atoms with Crippen molar-refractivity contribution < 1.29 is 0 Å². The molecule has 2 heterocycles. The normalized spacial score (nSPS) is 13.3. The second kappa shape index (κ2) is 12.2. The predicted octanol–water partition coefficient (Wildman–Crippen LogP) is 12.5. The van der Waals surface area contributed by atoms with Crippen molar-refractivity contribution in [2.24, 2.45) is 0 Å². The van der Waals surface area contributed by atoms with Crippen molar-refractivity contribution in [1.29, 1.82) is 0 Å². The predicted molar refractivity (Wildman–Crippen MR) is 221 cm³/mol. The van der Waals surface area contributed by atoms with E-state index in [0.717, 1.165) is 38.6 Å². The van der Waals surface area contributed by atoms with Crippen LogP contribution in [0, 0.1) is 0 Å². The molecular weight excluding hydrogens is 675 g/mol. The Labute approximate surface area is 318 Å². The van der Waals surface area contributed by atoms with Crippen LogP contribution in [0.25, 0.3) is 67.2 Å². The standard InChI is InChI=1S/C50H31N3S/c1-3-16-33(17-4-1)47-51-48(34-18-5-2-6-19-34)53-49(52-47)46-36-20-8-7-15-32(36)27-29-37(46)35-28-30-43-45(31-35)54-44-26-14-13-25-42(44)50(43)40-23-11-9-21-38(40)39-22-10-12-24-41(39)50/h1-31H. The average Bonchev–Trinajstić information content (AvgIpc) is 3.54. The molecule has 0 atom stereocenters. The van der Waals surface area contributed by atoms with Crippen LogP contribution in [0.1, 0.15) is 22.3 Å². The van der Waals surface area contributed by atoms with Gasteiger partial charge in [0.2, 0.25) is 0 Å². The molecule has 1 aliphatic carbocycles. The Morgan fingerprint density at radius 1 is 0.352 bits per heavy atom. The average molecular weight is 706 g/mol. The van der Waals surface area contributed by atoms with Gasteiger partial charge in [-0.05, 0) is 67.4 Å². The Kier molecular flexibility index (Phi) is 7.01. The van der Waals surface area contributed by atoms with Crippen molar-refractivity contribution in [1.82, 2.24) is 15.0 Å². The van der Waals surface area contributed by atoms with Crippen LogP contribution in [0.3, 0.4) is 0 Å². The van der Waals surface area contributed by atoms with E-state index >= 15 is 0 Å². The molecule has 0 saturated carbocycles. The highest BCUT2D eigenvalue weighted by atomic mass is 32.2. The number of nitrogens with zero attached hydrogens (tertiary/aromatic N) is 3. The second-order valence-electron chi connectivity index (χ2n) is 13.9. The van der Waals surface area contributed by atoms with E-state index in [0.29, 0.717) is 17.5 Å². The number of hydrogen-bond acceptors (Lipinski definition) is 4. The van der Waals surface area contributed by atoms with E-state index in [4.69, 9.17) is 15.0 Å². The third-order valence-corrected chi connectivity index (χ3v) is 12.1. The first kappa shape index (κ1) is 31.0. The molecule has 3 nitrogen and oxygen atoms in total. The van der Waals surface area contributed by atoms with E-state index < -0.39 is 5.41 Å². The van der Waals surface area contributed by atoms with Gasteiger partial charge in [0.1, 0.15) is 0 Å². The zero-order valence-corrected chi connectivity index (χ0v) is 30.0. The minimum Gasteiger partial charge on any atom is -0.208 e. The first-order valence-electron chi connectivity index (χ1n) is 18.3. The zero-order valence-electron chi connectivity index (χ0n) is 29.1. The molecule has 1 spiro atoms. The summed E-state index contributed by atoms with van der Waals surface area (Å²) in [6, 6.07) is 67.4. The topological polar surface area (TPSA) is 38.7 Å². The molecule has 11 rings (SSSR count). The van der Waals surface area contributed by atoms with Crippen molar-refractivity contribution in [3.8, 4) is 56.4 Å². The van der Waals surface area contributed by atoms with E-state index in [-0.39, 0.29) is 0 Å². The van der Waals surface area contributed by atoms with Crippen molar-refractivity contribution in [3.05, 3.63) is 210 Å².